The fourth-order valence-electron chi connectivity index (χ4n) is 4.41. The highest BCUT2D eigenvalue weighted by Gasteiger charge is 2.15. The molecule has 8 nitrogen and oxygen atoms in total. The normalized spacial score (nSPS) is 11.5. The summed E-state index contributed by atoms with van der Waals surface area (Å²) in [7, 11) is 0. The Labute approximate surface area is 193 Å². The van der Waals surface area contributed by atoms with Crippen molar-refractivity contribution in [1.82, 2.24) is 24.3 Å². The van der Waals surface area contributed by atoms with Crippen LogP contribution in [-0.4, -0.2) is 31.4 Å². The van der Waals surface area contributed by atoms with E-state index in [1.54, 1.807) is 29.0 Å². The van der Waals surface area contributed by atoms with Crippen LogP contribution in [0.4, 0.5) is 0 Å². The lowest BCUT2D eigenvalue weighted by molar-refractivity contribution is 0.0924. The largest absolute Gasteiger partial charge is 0.454 e. The number of H-pyrrole nitrogens is 1. The van der Waals surface area contributed by atoms with Gasteiger partial charge in [-0.1, -0.05) is 18.2 Å². The van der Waals surface area contributed by atoms with E-state index in [0.717, 1.165) is 22.0 Å². The van der Waals surface area contributed by atoms with Crippen molar-refractivity contribution in [2.45, 2.75) is 13.0 Å². The number of amides is 1. The lowest BCUT2D eigenvalue weighted by atomic mass is 10.1. The van der Waals surface area contributed by atoms with Gasteiger partial charge in [0.25, 0.3) is 11.5 Å². The summed E-state index contributed by atoms with van der Waals surface area (Å²) in [6, 6.07) is 18.8. The number of fused-ring (bicyclic) bond motifs is 4. The van der Waals surface area contributed by atoms with Crippen LogP contribution in [0, 0.1) is 0 Å². The molecule has 34 heavy (non-hydrogen) atoms. The van der Waals surface area contributed by atoms with E-state index < -0.39 is 0 Å². The molecule has 0 aliphatic rings. The Kier molecular flexibility index (Phi) is 4.76. The lowest BCUT2D eigenvalue weighted by Gasteiger charge is -2.10. The van der Waals surface area contributed by atoms with Crippen LogP contribution in [0.1, 0.15) is 21.9 Å². The van der Waals surface area contributed by atoms with Crippen molar-refractivity contribution in [2.75, 3.05) is 6.54 Å². The summed E-state index contributed by atoms with van der Waals surface area (Å²) in [6.07, 6.45) is 6.17. The maximum atomic E-state index is 13.1. The number of furan rings is 1. The summed E-state index contributed by atoms with van der Waals surface area (Å²) in [6.45, 7) is 0.659. The van der Waals surface area contributed by atoms with E-state index in [-0.39, 0.29) is 23.8 Å². The number of nitrogens with zero attached hydrogens (tertiary/aromatic N) is 3. The van der Waals surface area contributed by atoms with Crippen molar-refractivity contribution in [3.63, 3.8) is 0 Å². The summed E-state index contributed by atoms with van der Waals surface area (Å²) in [5, 5.41) is 4.07. The molecule has 0 saturated heterocycles. The minimum Gasteiger partial charge on any atom is -0.454 e. The fraction of sp³-hybridized carbons (Fsp3) is 0.115. The van der Waals surface area contributed by atoms with E-state index in [1.165, 1.54) is 0 Å². The molecule has 5 heterocycles. The van der Waals surface area contributed by atoms with E-state index in [1.807, 2.05) is 53.2 Å². The molecule has 0 aliphatic carbocycles. The van der Waals surface area contributed by atoms with Crippen molar-refractivity contribution >= 4 is 33.5 Å². The van der Waals surface area contributed by atoms with Crippen LogP contribution in [0.5, 0.6) is 0 Å². The number of para-hydroxylation sites is 1. The van der Waals surface area contributed by atoms with Crippen LogP contribution < -0.4 is 10.9 Å². The Morgan fingerprint density at radius 3 is 2.85 bits per heavy atom. The smallest absolute Gasteiger partial charge is 0.287 e. The number of carbonyl (C=O) groups is 1. The van der Waals surface area contributed by atoms with Gasteiger partial charge in [0.2, 0.25) is 0 Å². The second kappa shape index (κ2) is 8.08. The number of pyridine rings is 1. The van der Waals surface area contributed by atoms with E-state index in [4.69, 9.17) is 4.42 Å². The first-order valence-electron chi connectivity index (χ1n) is 11.1. The van der Waals surface area contributed by atoms with Gasteiger partial charge in [-0.15, -0.1) is 0 Å². The Morgan fingerprint density at radius 2 is 1.91 bits per heavy atom. The highest BCUT2D eigenvalue weighted by Crippen LogP contribution is 2.18. The molecule has 0 spiro atoms. The van der Waals surface area contributed by atoms with Crippen LogP contribution in [-0.2, 0) is 13.0 Å². The van der Waals surface area contributed by atoms with Crippen molar-refractivity contribution in [3.05, 3.63) is 107 Å². The fourth-order valence-corrected chi connectivity index (χ4v) is 4.41. The van der Waals surface area contributed by atoms with Crippen LogP contribution >= 0.6 is 0 Å². The molecule has 0 saturated carbocycles. The van der Waals surface area contributed by atoms with Gasteiger partial charge >= 0.3 is 0 Å². The topological polar surface area (TPSA) is 97.3 Å². The highest BCUT2D eigenvalue weighted by atomic mass is 16.4. The standard InChI is InChI=1S/C26H21N5O3/c32-25(28-13-11-17-15-29-20-6-2-1-5-19(17)20)23-10-9-18(34-23)16-31-24-21(7-3-12-27-24)30-14-4-8-22(30)26(31)33/h1-10,12,14-15,29H,11,13,16H2,(H,28,32). The number of aromatic amines is 1. The number of hydrogen-bond donors (Lipinski definition) is 2. The predicted molar refractivity (Wildman–Crippen MR) is 129 cm³/mol. The summed E-state index contributed by atoms with van der Waals surface area (Å²) in [5.74, 6) is 0.429. The van der Waals surface area contributed by atoms with Gasteiger partial charge in [-0.05, 0) is 54.4 Å². The molecule has 5 aromatic heterocycles. The number of aromatic nitrogens is 4. The average molecular weight is 451 g/mol. The molecule has 6 aromatic rings. The maximum absolute atomic E-state index is 13.1. The third kappa shape index (κ3) is 3.36. The molecule has 1 amide bonds. The molecule has 0 atom stereocenters. The molecule has 8 heteroatoms. The first-order valence-corrected chi connectivity index (χ1v) is 11.1. The second-order valence-electron chi connectivity index (χ2n) is 8.13. The van der Waals surface area contributed by atoms with Crippen molar-refractivity contribution in [2.24, 2.45) is 0 Å². The van der Waals surface area contributed by atoms with Gasteiger partial charge in [-0.3, -0.25) is 14.2 Å². The van der Waals surface area contributed by atoms with E-state index >= 15 is 0 Å². The van der Waals surface area contributed by atoms with E-state index in [0.29, 0.717) is 29.9 Å². The summed E-state index contributed by atoms with van der Waals surface area (Å²) >= 11 is 0. The first-order chi connectivity index (χ1) is 16.7. The number of carbonyl (C=O) groups excluding carboxylic acids is 1. The average Bonchev–Trinajstić information content (AvgIpc) is 3.62. The van der Waals surface area contributed by atoms with Crippen molar-refractivity contribution in [1.29, 1.82) is 0 Å². The van der Waals surface area contributed by atoms with Crippen LogP contribution in [0.3, 0.4) is 0 Å². The molecule has 1 aromatic carbocycles. The predicted octanol–water partition coefficient (Wildman–Crippen LogP) is 3.74. The van der Waals surface area contributed by atoms with Crippen molar-refractivity contribution in [3.8, 4) is 0 Å². The molecular weight excluding hydrogens is 430 g/mol. The van der Waals surface area contributed by atoms with Gasteiger partial charge in [0.1, 0.15) is 11.3 Å². The quantitative estimate of drug-likeness (QED) is 0.403. The monoisotopic (exact) mass is 451 g/mol. The summed E-state index contributed by atoms with van der Waals surface area (Å²) < 4.78 is 9.19. The lowest BCUT2D eigenvalue weighted by Crippen LogP contribution is -2.25. The minimum absolute atomic E-state index is 0.169. The zero-order valence-corrected chi connectivity index (χ0v) is 18.2. The summed E-state index contributed by atoms with van der Waals surface area (Å²) in [4.78, 5) is 33.4. The Bertz CT molecular complexity index is 1720. The zero-order valence-electron chi connectivity index (χ0n) is 18.2. The Morgan fingerprint density at radius 1 is 1.03 bits per heavy atom. The molecule has 2 N–H and O–H groups in total. The van der Waals surface area contributed by atoms with Crippen LogP contribution in [0.2, 0.25) is 0 Å². The highest BCUT2D eigenvalue weighted by molar-refractivity contribution is 5.91. The zero-order chi connectivity index (χ0) is 23.1. The molecule has 168 valence electrons. The minimum atomic E-state index is -0.288. The Balaban J connectivity index is 1.19. The first kappa shape index (κ1) is 20.0. The summed E-state index contributed by atoms with van der Waals surface area (Å²) in [5.41, 5.74) is 3.99. The molecule has 0 unspecified atom stereocenters. The number of rotatable bonds is 6. The third-order valence-corrected chi connectivity index (χ3v) is 6.05. The molecule has 6 rings (SSSR count). The third-order valence-electron chi connectivity index (χ3n) is 6.05. The van der Waals surface area contributed by atoms with Gasteiger partial charge in [0, 0.05) is 36.0 Å². The van der Waals surface area contributed by atoms with Gasteiger partial charge in [-0.2, -0.15) is 0 Å². The molecule has 0 bridgehead atoms. The second-order valence-corrected chi connectivity index (χ2v) is 8.13. The molecule has 0 radical (unpaired) electrons. The van der Waals surface area contributed by atoms with Gasteiger partial charge < -0.3 is 19.1 Å². The Hall–Kier alpha value is -4.59. The van der Waals surface area contributed by atoms with Crippen LogP contribution in [0.25, 0.3) is 27.6 Å². The maximum Gasteiger partial charge on any atom is 0.287 e. The SMILES string of the molecule is O=C(NCCc1c[nH]c2ccccc12)c1ccc(Cn2c(=O)c3cccn3c3cccnc32)o1. The van der Waals surface area contributed by atoms with Crippen molar-refractivity contribution < 1.29 is 9.21 Å². The van der Waals surface area contributed by atoms with Gasteiger partial charge in [-0.25, -0.2) is 4.98 Å². The number of hydrogen-bond acceptors (Lipinski definition) is 4. The van der Waals surface area contributed by atoms with Gasteiger partial charge in [0.05, 0.1) is 12.1 Å². The molecular formula is C26H21N5O3. The number of nitrogens with one attached hydrogen (secondary N) is 2. The molecule has 0 fully saturated rings. The van der Waals surface area contributed by atoms with E-state index in [9.17, 15) is 9.59 Å². The van der Waals surface area contributed by atoms with E-state index in [2.05, 4.69) is 21.4 Å². The number of benzene rings is 1. The van der Waals surface area contributed by atoms with Crippen LogP contribution in [0.15, 0.2) is 88.5 Å². The molecule has 0 aliphatic heterocycles. The van der Waals surface area contributed by atoms with Gasteiger partial charge in [0.15, 0.2) is 11.4 Å².